The molecule has 3 rings (SSSR count). The van der Waals surface area contributed by atoms with Gasteiger partial charge in [-0.1, -0.05) is 44.7 Å². The lowest BCUT2D eigenvalue weighted by Crippen LogP contribution is -2.40. The summed E-state index contributed by atoms with van der Waals surface area (Å²) < 4.78 is 21.9. The Hall–Kier alpha value is -1.86. The zero-order chi connectivity index (χ0) is 27.9. The lowest BCUT2D eigenvalue weighted by molar-refractivity contribution is 0.175. The van der Waals surface area contributed by atoms with Gasteiger partial charge in [-0.15, -0.1) is 24.8 Å². The van der Waals surface area contributed by atoms with Crippen molar-refractivity contribution < 1.29 is 18.9 Å². The summed E-state index contributed by atoms with van der Waals surface area (Å²) in [4.78, 5) is 2.75. The molecule has 0 aliphatic heterocycles. The summed E-state index contributed by atoms with van der Waals surface area (Å²) in [5, 5.41) is 3.59. The highest BCUT2D eigenvalue weighted by Gasteiger charge is 2.27. The first kappa shape index (κ1) is 37.2. The van der Waals surface area contributed by atoms with Gasteiger partial charge in [0.1, 0.15) is 0 Å². The molecule has 6 nitrogen and oxygen atoms in total. The number of benzene rings is 2. The van der Waals surface area contributed by atoms with E-state index in [-0.39, 0.29) is 24.8 Å². The van der Waals surface area contributed by atoms with E-state index in [1.54, 1.807) is 28.4 Å². The average Bonchev–Trinajstić information content (AvgIpc) is 2.98. The molecule has 0 radical (unpaired) electrons. The predicted octanol–water partition coefficient (Wildman–Crippen LogP) is 7.31. The molecule has 0 aromatic heterocycles. The van der Waals surface area contributed by atoms with Gasteiger partial charge in [-0.05, 0) is 100 Å². The number of halogens is 2. The third-order valence-corrected chi connectivity index (χ3v) is 8.04. The van der Waals surface area contributed by atoms with Crippen molar-refractivity contribution in [2.24, 2.45) is 0 Å². The van der Waals surface area contributed by atoms with Crippen LogP contribution in [0.1, 0.15) is 75.0 Å². The van der Waals surface area contributed by atoms with Gasteiger partial charge < -0.3 is 29.2 Å². The molecule has 0 saturated heterocycles. The first-order valence-electron chi connectivity index (χ1n) is 15.0. The van der Waals surface area contributed by atoms with Crippen molar-refractivity contribution in [3.63, 3.8) is 0 Å². The van der Waals surface area contributed by atoms with Crippen molar-refractivity contribution in [3.8, 4) is 23.0 Å². The highest BCUT2D eigenvalue weighted by molar-refractivity contribution is 5.85. The van der Waals surface area contributed by atoms with Crippen LogP contribution in [0.3, 0.4) is 0 Å². The second-order valence-corrected chi connectivity index (χ2v) is 10.7. The van der Waals surface area contributed by atoms with E-state index < -0.39 is 0 Å². The van der Waals surface area contributed by atoms with Crippen LogP contribution in [-0.2, 0) is 19.3 Å². The molecule has 41 heavy (non-hydrogen) atoms. The van der Waals surface area contributed by atoms with Gasteiger partial charge in [-0.3, -0.25) is 0 Å². The fourth-order valence-corrected chi connectivity index (χ4v) is 5.91. The molecule has 0 heterocycles. The molecule has 0 bridgehead atoms. The van der Waals surface area contributed by atoms with Crippen molar-refractivity contribution in [2.45, 2.75) is 83.6 Å². The van der Waals surface area contributed by atoms with Crippen LogP contribution in [0.5, 0.6) is 23.0 Å². The van der Waals surface area contributed by atoms with Crippen LogP contribution in [0.4, 0.5) is 0 Å². The van der Waals surface area contributed by atoms with Gasteiger partial charge in [0.15, 0.2) is 23.0 Å². The zero-order valence-electron chi connectivity index (χ0n) is 26.0. The van der Waals surface area contributed by atoms with Gasteiger partial charge in [0, 0.05) is 11.6 Å². The van der Waals surface area contributed by atoms with Crippen molar-refractivity contribution in [2.75, 3.05) is 54.6 Å². The first-order valence-corrected chi connectivity index (χ1v) is 15.0. The van der Waals surface area contributed by atoms with Crippen molar-refractivity contribution >= 4 is 24.8 Å². The molecule has 0 spiro atoms. The minimum Gasteiger partial charge on any atom is -0.493 e. The van der Waals surface area contributed by atoms with Gasteiger partial charge in [0.25, 0.3) is 0 Å². The summed E-state index contributed by atoms with van der Waals surface area (Å²) in [7, 11) is 6.84. The molecular formula is C33H54Cl2N2O4. The fraction of sp³-hybridized carbons (Fsp3) is 0.636. The van der Waals surface area contributed by atoms with Crippen LogP contribution in [0.2, 0.25) is 0 Å². The summed E-state index contributed by atoms with van der Waals surface area (Å²) >= 11 is 0. The van der Waals surface area contributed by atoms with E-state index in [4.69, 9.17) is 18.9 Å². The van der Waals surface area contributed by atoms with E-state index in [1.807, 2.05) is 6.07 Å². The topological polar surface area (TPSA) is 52.2 Å². The third kappa shape index (κ3) is 11.4. The summed E-state index contributed by atoms with van der Waals surface area (Å²) in [6.07, 6.45) is 13.5. The maximum Gasteiger partial charge on any atom is 0.164 e. The summed E-state index contributed by atoms with van der Waals surface area (Å²) in [5.41, 5.74) is 4.05. The number of nitrogens with one attached hydrogen (secondary N) is 1. The molecule has 2 aromatic rings. The molecule has 0 amide bonds. The summed E-state index contributed by atoms with van der Waals surface area (Å²) in [6.45, 7) is 6.81. The first-order chi connectivity index (χ1) is 19.1. The molecule has 1 unspecified atom stereocenters. The minimum atomic E-state index is 0. The standard InChI is InChI=1S/C33H52N2O4.2ClH/c1-6-22-35(28-15-16-29-27(25-28)14-18-31(37-3)33(29)39-5)23-12-10-8-7-9-11-20-34-21-19-26-13-17-30(36-2)32(24-26)38-4;;/h13-14,17-18,24,28,34H,6-12,15-16,19-23,25H2,1-5H3;2*1H. The number of unbranched alkanes of at least 4 members (excludes halogenated alkanes) is 5. The van der Waals surface area contributed by atoms with Gasteiger partial charge in [-0.2, -0.15) is 0 Å². The van der Waals surface area contributed by atoms with Crippen LogP contribution < -0.4 is 24.3 Å². The normalized spacial score (nSPS) is 14.0. The monoisotopic (exact) mass is 612 g/mol. The van der Waals surface area contributed by atoms with Crippen LogP contribution in [0.25, 0.3) is 0 Å². The maximum absolute atomic E-state index is 5.70. The minimum absolute atomic E-state index is 0. The van der Waals surface area contributed by atoms with E-state index in [0.29, 0.717) is 6.04 Å². The van der Waals surface area contributed by atoms with Crippen LogP contribution >= 0.6 is 24.8 Å². The summed E-state index contributed by atoms with van der Waals surface area (Å²) in [5.74, 6) is 3.38. The molecule has 234 valence electrons. The van der Waals surface area contributed by atoms with E-state index in [1.165, 1.54) is 81.1 Å². The maximum atomic E-state index is 5.70. The molecule has 0 fully saturated rings. The quantitative estimate of drug-likeness (QED) is 0.168. The molecule has 1 aliphatic rings. The number of ether oxygens (including phenoxy) is 4. The highest BCUT2D eigenvalue weighted by Crippen LogP contribution is 2.38. The van der Waals surface area contributed by atoms with Gasteiger partial charge in [0.2, 0.25) is 0 Å². The van der Waals surface area contributed by atoms with Crippen molar-refractivity contribution in [3.05, 3.63) is 47.0 Å². The molecular weight excluding hydrogens is 559 g/mol. The van der Waals surface area contributed by atoms with Crippen LogP contribution in [0.15, 0.2) is 30.3 Å². The lowest BCUT2D eigenvalue weighted by atomic mass is 9.86. The molecule has 1 N–H and O–H groups in total. The Kier molecular flexibility index (Phi) is 19.0. The molecule has 8 heteroatoms. The second-order valence-electron chi connectivity index (χ2n) is 10.7. The van der Waals surface area contributed by atoms with E-state index >= 15 is 0 Å². The molecule has 2 aromatic carbocycles. The third-order valence-electron chi connectivity index (χ3n) is 8.04. The Balaban J connectivity index is 0.00000420. The average molecular weight is 614 g/mol. The largest absolute Gasteiger partial charge is 0.493 e. The Morgan fingerprint density at radius 2 is 1.44 bits per heavy atom. The molecule has 0 saturated carbocycles. The highest BCUT2D eigenvalue weighted by atomic mass is 35.5. The predicted molar refractivity (Wildman–Crippen MR) is 176 cm³/mol. The second kappa shape index (κ2) is 20.9. The van der Waals surface area contributed by atoms with Crippen LogP contribution in [0, 0.1) is 0 Å². The number of methoxy groups -OCH3 is 4. The van der Waals surface area contributed by atoms with Crippen molar-refractivity contribution in [1.82, 2.24) is 10.2 Å². The fourth-order valence-electron chi connectivity index (χ4n) is 5.91. The van der Waals surface area contributed by atoms with Gasteiger partial charge in [0.05, 0.1) is 28.4 Å². The zero-order valence-corrected chi connectivity index (χ0v) is 27.6. The Morgan fingerprint density at radius 1 is 0.756 bits per heavy atom. The lowest BCUT2D eigenvalue weighted by Gasteiger charge is -2.36. The number of hydrogen-bond acceptors (Lipinski definition) is 6. The van der Waals surface area contributed by atoms with E-state index in [9.17, 15) is 0 Å². The summed E-state index contributed by atoms with van der Waals surface area (Å²) in [6, 6.07) is 11.1. The number of fused-ring (bicyclic) bond motifs is 1. The SMILES string of the molecule is CCCN(CCCCCCCCNCCc1ccc(OC)c(OC)c1)C1CCc2c(ccc(OC)c2OC)C1.Cl.Cl. The van der Waals surface area contributed by atoms with E-state index in [2.05, 4.69) is 41.4 Å². The number of hydrogen-bond donors (Lipinski definition) is 1. The van der Waals surface area contributed by atoms with E-state index in [0.717, 1.165) is 55.4 Å². The Labute approximate surface area is 261 Å². The van der Waals surface area contributed by atoms with Crippen molar-refractivity contribution in [1.29, 1.82) is 0 Å². The van der Waals surface area contributed by atoms with Gasteiger partial charge >= 0.3 is 0 Å². The molecule has 1 atom stereocenters. The smallest absolute Gasteiger partial charge is 0.164 e. The van der Waals surface area contributed by atoms with Gasteiger partial charge in [-0.25, -0.2) is 0 Å². The Morgan fingerprint density at radius 3 is 2.12 bits per heavy atom. The Bertz CT molecular complexity index is 992. The number of nitrogens with zero attached hydrogens (tertiary/aromatic N) is 1. The number of rotatable bonds is 19. The molecule has 1 aliphatic carbocycles. The van der Waals surface area contributed by atoms with Crippen LogP contribution in [-0.4, -0.2) is 65.6 Å².